The molecule has 0 unspecified atom stereocenters. The van der Waals surface area contributed by atoms with Crippen LogP contribution in [0.25, 0.3) is 0 Å². The molecule has 118 valence electrons. The van der Waals surface area contributed by atoms with Gasteiger partial charge in [0, 0.05) is 19.7 Å². The van der Waals surface area contributed by atoms with Crippen molar-refractivity contribution in [3.8, 4) is 0 Å². The molecule has 2 aromatic rings. The molecule has 1 aromatic heterocycles. The summed E-state index contributed by atoms with van der Waals surface area (Å²) in [5, 5.41) is 1.58. The molecule has 0 spiro atoms. The first-order valence-electron chi connectivity index (χ1n) is 7.43. The van der Waals surface area contributed by atoms with E-state index in [2.05, 4.69) is 4.98 Å². The third kappa shape index (κ3) is 2.80. The zero-order valence-corrected chi connectivity index (χ0v) is 12.8. The molecule has 0 N–H and O–H groups in total. The summed E-state index contributed by atoms with van der Waals surface area (Å²) in [5.74, 6) is 0.319. The minimum absolute atomic E-state index is 0.139. The number of carbonyl (C=O) groups excluding carboxylic acids is 2. The highest BCUT2D eigenvalue weighted by Gasteiger charge is 2.30. The lowest BCUT2D eigenvalue weighted by molar-refractivity contribution is -0.108. The van der Waals surface area contributed by atoms with E-state index in [1.54, 1.807) is 35.3 Å². The van der Waals surface area contributed by atoms with Crippen LogP contribution in [0.3, 0.4) is 0 Å². The van der Waals surface area contributed by atoms with Crippen LogP contribution in [0.2, 0.25) is 0 Å². The van der Waals surface area contributed by atoms with Gasteiger partial charge in [-0.3, -0.25) is 9.63 Å². The number of anilines is 3. The van der Waals surface area contributed by atoms with Crippen molar-refractivity contribution in [1.82, 2.24) is 4.98 Å². The van der Waals surface area contributed by atoms with Crippen LogP contribution in [0.4, 0.5) is 17.2 Å². The Hall–Kier alpha value is -2.73. The predicted octanol–water partition coefficient (Wildman–Crippen LogP) is 2.72. The smallest absolute Gasteiger partial charge is 0.261 e. The molecule has 0 radical (unpaired) electrons. The Labute approximate surface area is 134 Å². The van der Waals surface area contributed by atoms with E-state index < -0.39 is 0 Å². The van der Waals surface area contributed by atoms with Gasteiger partial charge in [-0.25, -0.2) is 10.0 Å². The van der Waals surface area contributed by atoms with Gasteiger partial charge < -0.3 is 9.69 Å². The normalized spacial score (nSPS) is 13.3. The number of nitrogens with zero attached hydrogens (tertiary/aromatic N) is 3. The van der Waals surface area contributed by atoms with Crippen LogP contribution in [0, 0.1) is 0 Å². The molecule has 0 aliphatic carbocycles. The van der Waals surface area contributed by atoms with Gasteiger partial charge in [-0.2, -0.15) is 0 Å². The lowest BCUT2D eigenvalue weighted by atomic mass is 10.2. The van der Waals surface area contributed by atoms with Crippen LogP contribution in [0.1, 0.15) is 23.2 Å². The van der Waals surface area contributed by atoms with E-state index in [-0.39, 0.29) is 5.91 Å². The molecule has 0 saturated carbocycles. The molecule has 1 amide bonds. The van der Waals surface area contributed by atoms with Crippen molar-refractivity contribution < 1.29 is 14.4 Å². The van der Waals surface area contributed by atoms with Crippen molar-refractivity contribution in [2.45, 2.75) is 12.8 Å². The number of aromatic nitrogens is 1. The number of carbonyl (C=O) groups is 2. The van der Waals surface area contributed by atoms with Gasteiger partial charge in [0.05, 0.1) is 23.5 Å². The van der Waals surface area contributed by atoms with Gasteiger partial charge in [-0.05, 0) is 30.7 Å². The fourth-order valence-electron chi connectivity index (χ4n) is 2.50. The lowest BCUT2D eigenvalue weighted by Gasteiger charge is -2.24. The Balaban J connectivity index is 2.05. The Morgan fingerprint density at radius 2 is 1.96 bits per heavy atom. The Morgan fingerprint density at radius 3 is 2.74 bits per heavy atom. The van der Waals surface area contributed by atoms with E-state index >= 15 is 0 Å². The van der Waals surface area contributed by atoms with Crippen LogP contribution in [0.15, 0.2) is 42.6 Å². The van der Waals surface area contributed by atoms with Gasteiger partial charge in [-0.15, -0.1) is 0 Å². The number of amides is 1. The van der Waals surface area contributed by atoms with Gasteiger partial charge in [0.25, 0.3) is 5.91 Å². The molecule has 1 aliphatic rings. The number of unbranched alkanes of at least 4 members (excludes halogenated alkanes) is 1. The lowest BCUT2D eigenvalue weighted by Crippen LogP contribution is -2.25. The number of fused-ring (bicyclic) bond motifs is 2. The van der Waals surface area contributed by atoms with Crippen molar-refractivity contribution in [1.29, 1.82) is 0 Å². The average Bonchev–Trinajstić information content (AvgIpc) is 2.68. The summed E-state index contributed by atoms with van der Waals surface area (Å²) in [4.78, 5) is 34.9. The molecule has 23 heavy (non-hydrogen) atoms. The zero-order valence-electron chi connectivity index (χ0n) is 12.8. The van der Waals surface area contributed by atoms with Crippen molar-refractivity contribution in [2.24, 2.45) is 0 Å². The molecule has 0 atom stereocenters. The molecular weight excluding hydrogens is 294 g/mol. The van der Waals surface area contributed by atoms with Gasteiger partial charge in [-0.1, -0.05) is 12.1 Å². The summed E-state index contributed by atoms with van der Waals surface area (Å²) < 4.78 is 0. The highest BCUT2D eigenvalue weighted by molar-refractivity contribution is 6.12. The topological polar surface area (TPSA) is 62.7 Å². The van der Waals surface area contributed by atoms with E-state index in [1.165, 1.54) is 0 Å². The minimum atomic E-state index is -0.139. The van der Waals surface area contributed by atoms with Crippen molar-refractivity contribution >= 4 is 29.4 Å². The number of hydrogen-bond acceptors (Lipinski definition) is 5. The highest BCUT2D eigenvalue weighted by Crippen LogP contribution is 2.38. The minimum Gasteiger partial charge on any atom is -0.309 e. The molecule has 1 aliphatic heterocycles. The molecule has 3 rings (SSSR count). The molecule has 6 nitrogen and oxygen atoms in total. The molecule has 1 aromatic carbocycles. The van der Waals surface area contributed by atoms with E-state index in [4.69, 9.17) is 4.84 Å². The maximum Gasteiger partial charge on any atom is 0.261 e. The van der Waals surface area contributed by atoms with E-state index in [9.17, 15) is 9.59 Å². The van der Waals surface area contributed by atoms with Gasteiger partial charge in [0.2, 0.25) is 0 Å². The second-order valence-corrected chi connectivity index (χ2v) is 5.16. The summed E-state index contributed by atoms with van der Waals surface area (Å²) in [7, 11) is 1.73. The first-order valence-corrected chi connectivity index (χ1v) is 7.43. The summed E-state index contributed by atoms with van der Waals surface area (Å²) in [6.45, 7) is 0.362. The van der Waals surface area contributed by atoms with Crippen LogP contribution in [-0.4, -0.2) is 30.8 Å². The number of benzene rings is 1. The van der Waals surface area contributed by atoms with Crippen molar-refractivity contribution in [3.63, 3.8) is 0 Å². The second kappa shape index (κ2) is 6.58. The SMILES string of the molecule is CN1C(=O)c2cccnc2N(OCCCC=O)c2ccccc21. The van der Waals surface area contributed by atoms with E-state index in [1.807, 2.05) is 24.3 Å². The quantitative estimate of drug-likeness (QED) is 0.627. The summed E-state index contributed by atoms with van der Waals surface area (Å²) in [5.41, 5.74) is 1.96. The maximum absolute atomic E-state index is 12.7. The molecule has 2 heterocycles. The first kappa shape index (κ1) is 15.2. The molecule has 0 fully saturated rings. The third-order valence-electron chi connectivity index (χ3n) is 3.66. The second-order valence-electron chi connectivity index (χ2n) is 5.16. The third-order valence-corrected chi connectivity index (χ3v) is 3.66. The maximum atomic E-state index is 12.7. The van der Waals surface area contributed by atoms with E-state index in [0.717, 1.165) is 17.7 Å². The van der Waals surface area contributed by atoms with Crippen molar-refractivity contribution in [3.05, 3.63) is 48.2 Å². The van der Waals surface area contributed by atoms with Crippen LogP contribution in [0.5, 0.6) is 0 Å². The van der Waals surface area contributed by atoms with Crippen molar-refractivity contribution in [2.75, 3.05) is 23.6 Å². The number of aldehydes is 1. The van der Waals surface area contributed by atoms with Crippen LogP contribution < -0.4 is 9.96 Å². The van der Waals surface area contributed by atoms with Gasteiger partial charge >= 0.3 is 0 Å². The summed E-state index contributed by atoms with van der Waals surface area (Å²) >= 11 is 0. The number of pyridine rings is 1. The van der Waals surface area contributed by atoms with Crippen LogP contribution in [-0.2, 0) is 9.63 Å². The zero-order chi connectivity index (χ0) is 16.2. The summed E-state index contributed by atoms with van der Waals surface area (Å²) in [6, 6.07) is 11.0. The monoisotopic (exact) mass is 311 g/mol. The van der Waals surface area contributed by atoms with E-state index in [0.29, 0.717) is 30.8 Å². The Bertz CT molecular complexity index is 733. The number of para-hydroxylation sites is 2. The van der Waals surface area contributed by atoms with Gasteiger partial charge in [0.15, 0.2) is 5.82 Å². The standard InChI is InChI=1S/C17H17N3O3/c1-19-14-8-2-3-9-15(14)20(23-12-5-4-11-21)16-13(17(19)22)7-6-10-18-16/h2-3,6-11H,4-5,12H2,1H3. The van der Waals surface area contributed by atoms with Crippen LogP contribution >= 0.6 is 0 Å². The van der Waals surface area contributed by atoms with Gasteiger partial charge in [0.1, 0.15) is 6.29 Å². The average molecular weight is 311 g/mol. The largest absolute Gasteiger partial charge is 0.309 e. The predicted molar refractivity (Wildman–Crippen MR) is 86.8 cm³/mol. The fourth-order valence-corrected chi connectivity index (χ4v) is 2.50. The highest BCUT2D eigenvalue weighted by atomic mass is 16.7. The molecular formula is C17H17N3O3. The Morgan fingerprint density at radius 1 is 1.17 bits per heavy atom. The molecule has 0 saturated heterocycles. The fraction of sp³-hybridized carbons (Fsp3) is 0.235. The number of hydrogen-bond donors (Lipinski definition) is 0. The summed E-state index contributed by atoms with van der Waals surface area (Å²) in [6.07, 6.45) is 3.53. The number of rotatable bonds is 5. The molecule has 0 bridgehead atoms. The Kier molecular flexibility index (Phi) is 4.34. The molecule has 6 heteroatoms. The first-order chi connectivity index (χ1) is 11.2.